The molecule has 0 fully saturated rings. The molecule has 0 aliphatic rings. The standard InChI is InChI=1S/C23H24N4O2/c1-3-24-23(29)17(2)25-21(28)15-14-19-16-27(20-12-8-5-9-13-20)26-22(19)18-10-6-4-7-11-18/h4-17H,3H2,1-2H3,(H,24,29)(H,25,28)/b15-14+/t17-/m0/s1. The van der Waals surface area contributed by atoms with Crippen LogP contribution in [-0.2, 0) is 9.59 Å². The molecule has 1 atom stereocenters. The molecule has 1 aromatic heterocycles. The van der Waals surface area contributed by atoms with Crippen LogP contribution < -0.4 is 10.6 Å². The highest BCUT2D eigenvalue weighted by Gasteiger charge is 2.14. The zero-order chi connectivity index (χ0) is 20.6. The molecule has 0 saturated heterocycles. The smallest absolute Gasteiger partial charge is 0.244 e. The van der Waals surface area contributed by atoms with Crippen LogP contribution in [0.15, 0.2) is 72.9 Å². The van der Waals surface area contributed by atoms with Crippen molar-refractivity contribution < 1.29 is 9.59 Å². The number of carbonyl (C=O) groups excluding carboxylic acids is 2. The number of nitrogens with one attached hydrogen (secondary N) is 2. The molecule has 0 bridgehead atoms. The van der Waals surface area contributed by atoms with Gasteiger partial charge in [0, 0.05) is 29.9 Å². The summed E-state index contributed by atoms with van der Waals surface area (Å²) in [6.07, 6.45) is 5.03. The fraction of sp³-hybridized carbons (Fsp3) is 0.174. The lowest BCUT2D eigenvalue weighted by Crippen LogP contribution is -2.44. The van der Waals surface area contributed by atoms with E-state index in [0.717, 1.165) is 22.5 Å². The molecular weight excluding hydrogens is 364 g/mol. The minimum atomic E-state index is -0.604. The summed E-state index contributed by atoms with van der Waals surface area (Å²) < 4.78 is 1.79. The van der Waals surface area contributed by atoms with Gasteiger partial charge in [-0.15, -0.1) is 0 Å². The second kappa shape index (κ2) is 9.50. The molecule has 148 valence electrons. The van der Waals surface area contributed by atoms with Crippen LogP contribution in [0, 0.1) is 0 Å². The third-order valence-electron chi connectivity index (χ3n) is 4.33. The summed E-state index contributed by atoms with van der Waals surface area (Å²) in [4.78, 5) is 24.0. The Morgan fingerprint density at radius 1 is 1.07 bits per heavy atom. The minimum absolute atomic E-state index is 0.212. The predicted octanol–water partition coefficient (Wildman–Crippen LogP) is 3.19. The molecule has 0 radical (unpaired) electrons. The zero-order valence-electron chi connectivity index (χ0n) is 16.5. The highest BCUT2D eigenvalue weighted by atomic mass is 16.2. The van der Waals surface area contributed by atoms with Gasteiger partial charge in [-0.05, 0) is 32.1 Å². The van der Waals surface area contributed by atoms with Gasteiger partial charge in [0.05, 0.1) is 11.4 Å². The average molecular weight is 388 g/mol. The van der Waals surface area contributed by atoms with E-state index in [1.807, 2.05) is 73.8 Å². The van der Waals surface area contributed by atoms with Crippen molar-refractivity contribution in [2.45, 2.75) is 19.9 Å². The molecule has 1 heterocycles. The molecule has 0 aliphatic carbocycles. The van der Waals surface area contributed by atoms with Crippen molar-refractivity contribution in [3.8, 4) is 16.9 Å². The molecule has 3 aromatic rings. The van der Waals surface area contributed by atoms with Crippen molar-refractivity contribution >= 4 is 17.9 Å². The van der Waals surface area contributed by atoms with Gasteiger partial charge in [0.1, 0.15) is 6.04 Å². The fourth-order valence-corrected chi connectivity index (χ4v) is 2.86. The number of hydrogen-bond acceptors (Lipinski definition) is 3. The first-order valence-corrected chi connectivity index (χ1v) is 9.55. The van der Waals surface area contributed by atoms with Crippen molar-refractivity contribution in [1.29, 1.82) is 0 Å². The van der Waals surface area contributed by atoms with Crippen molar-refractivity contribution in [1.82, 2.24) is 20.4 Å². The summed E-state index contributed by atoms with van der Waals surface area (Å²) in [7, 11) is 0. The Labute approximate surface area is 170 Å². The molecule has 2 aromatic carbocycles. The van der Waals surface area contributed by atoms with E-state index in [0.29, 0.717) is 6.54 Å². The third-order valence-corrected chi connectivity index (χ3v) is 4.33. The molecule has 0 unspecified atom stereocenters. The van der Waals surface area contributed by atoms with Crippen molar-refractivity contribution in [2.24, 2.45) is 0 Å². The number of nitrogens with zero attached hydrogens (tertiary/aromatic N) is 2. The molecule has 6 nitrogen and oxygen atoms in total. The lowest BCUT2D eigenvalue weighted by Gasteiger charge is -2.11. The van der Waals surface area contributed by atoms with E-state index < -0.39 is 6.04 Å². The minimum Gasteiger partial charge on any atom is -0.355 e. The number of benzene rings is 2. The third kappa shape index (κ3) is 5.19. The largest absolute Gasteiger partial charge is 0.355 e. The number of hydrogen-bond donors (Lipinski definition) is 2. The Kier molecular flexibility index (Phi) is 6.58. The summed E-state index contributed by atoms with van der Waals surface area (Å²) in [6.45, 7) is 4.01. The van der Waals surface area contributed by atoms with Gasteiger partial charge in [-0.2, -0.15) is 5.10 Å². The highest BCUT2D eigenvalue weighted by Crippen LogP contribution is 2.24. The summed E-state index contributed by atoms with van der Waals surface area (Å²) >= 11 is 0. The molecular formula is C23H24N4O2. The van der Waals surface area contributed by atoms with E-state index in [9.17, 15) is 9.59 Å². The first kappa shape index (κ1) is 20.1. The van der Waals surface area contributed by atoms with Crippen LogP contribution in [0.5, 0.6) is 0 Å². The Morgan fingerprint density at radius 2 is 1.72 bits per heavy atom. The Morgan fingerprint density at radius 3 is 2.38 bits per heavy atom. The van der Waals surface area contributed by atoms with Crippen LogP contribution in [0.3, 0.4) is 0 Å². The molecule has 0 saturated carbocycles. The van der Waals surface area contributed by atoms with E-state index in [1.165, 1.54) is 6.08 Å². The maximum atomic E-state index is 12.3. The molecule has 0 spiro atoms. The van der Waals surface area contributed by atoms with E-state index in [4.69, 9.17) is 5.10 Å². The lowest BCUT2D eigenvalue weighted by molar-refractivity contribution is -0.126. The second-order valence-electron chi connectivity index (χ2n) is 6.54. The van der Waals surface area contributed by atoms with Gasteiger partial charge in [-0.3, -0.25) is 9.59 Å². The lowest BCUT2D eigenvalue weighted by atomic mass is 10.1. The van der Waals surface area contributed by atoms with Crippen LogP contribution in [0.4, 0.5) is 0 Å². The Bertz CT molecular complexity index is 994. The van der Waals surface area contributed by atoms with Gasteiger partial charge in [-0.1, -0.05) is 48.5 Å². The van der Waals surface area contributed by atoms with Crippen molar-refractivity contribution in [3.63, 3.8) is 0 Å². The number of rotatable bonds is 7. The van der Waals surface area contributed by atoms with E-state index in [-0.39, 0.29) is 11.8 Å². The van der Waals surface area contributed by atoms with Gasteiger partial charge in [0.2, 0.25) is 11.8 Å². The second-order valence-corrected chi connectivity index (χ2v) is 6.54. The topological polar surface area (TPSA) is 76.0 Å². The number of likely N-dealkylation sites (N-methyl/N-ethyl adjacent to an activating group) is 1. The monoisotopic (exact) mass is 388 g/mol. The van der Waals surface area contributed by atoms with E-state index >= 15 is 0 Å². The first-order chi connectivity index (χ1) is 14.1. The van der Waals surface area contributed by atoms with Crippen LogP contribution in [-0.4, -0.2) is 34.2 Å². The van der Waals surface area contributed by atoms with Gasteiger partial charge in [0.15, 0.2) is 0 Å². The molecule has 2 amide bonds. The van der Waals surface area contributed by atoms with E-state index in [2.05, 4.69) is 10.6 Å². The molecule has 2 N–H and O–H groups in total. The van der Waals surface area contributed by atoms with E-state index in [1.54, 1.807) is 17.7 Å². The van der Waals surface area contributed by atoms with Gasteiger partial charge < -0.3 is 10.6 Å². The zero-order valence-corrected chi connectivity index (χ0v) is 16.5. The highest BCUT2D eigenvalue weighted by molar-refractivity contribution is 5.96. The molecule has 3 rings (SSSR count). The molecule has 6 heteroatoms. The number of para-hydroxylation sites is 1. The van der Waals surface area contributed by atoms with Crippen LogP contribution in [0.2, 0.25) is 0 Å². The molecule has 0 aliphatic heterocycles. The SMILES string of the molecule is CCNC(=O)[C@H](C)NC(=O)/C=C/c1cn(-c2ccccc2)nc1-c1ccccc1. The summed E-state index contributed by atoms with van der Waals surface area (Å²) in [5.41, 5.74) is 3.47. The summed E-state index contributed by atoms with van der Waals surface area (Å²) in [6, 6.07) is 19.0. The average Bonchev–Trinajstić information content (AvgIpc) is 3.18. The van der Waals surface area contributed by atoms with Crippen LogP contribution in [0.1, 0.15) is 19.4 Å². The molecule has 29 heavy (non-hydrogen) atoms. The first-order valence-electron chi connectivity index (χ1n) is 9.55. The summed E-state index contributed by atoms with van der Waals surface area (Å²) in [5, 5.41) is 10.1. The summed E-state index contributed by atoms with van der Waals surface area (Å²) in [5.74, 6) is -0.550. The fourth-order valence-electron chi connectivity index (χ4n) is 2.86. The maximum Gasteiger partial charge on any atom is 0.244 e. The van der Waals surface area contributed by atoms with Crippen molar-refractivity contribution in [2.75, 3.05) is 6.54 Å². The van der Waals surface area contributed by atoms with Gasteiger partial charge in [-0.25, -0.2) is 4.68 Å². The number of carbonyl (C=O) groups is 2. The number of amides is 2. The quantitative estimate of drug-likeness (QED) is 0.611. The van der Waals surface area contributed by atoms with Gasteiger partial charge >= 0.3 is 0 Å². The Balaban J connectivity index is 1.85. The van der Waals surface area contributed by atoms with Crippen molar-refractivity contribution in [3.05, 3.63) is 78.5 Å². The van der Waals surface area contributed by atoms with Gasteiger partial charge in [0.25, 0.3) is 0 Å². The normalized spacial score (nSPS) is 11.9. The van der Waals surface area contributed by atoms with Crippen LogP contribution >= 0.6 is 0 Å². The predicted molar refractivity (Wildman–Crippen MR) is 114 cm³/mol. The Hall–Kier alpha value is -3.67. The number of aromatic nitrogens is 2. The van der Waals surface area contributed by atoms with Crippen LogP contribution in [0.25, 0.3) is 23.0 Å². The maximum absolute atomic E-state index is 12.3.